The van der Waals surface area contributed by atoms with Crippen LogP contribution in [0, 0.1) is 0 Å². The summed E-state index contributed by atoms with van der Waals surface area (Å²) in [6.07, 6.45) is 65.2. The van der Waals surface area contributed by atoms with Gasteiger partial charge in [-0.2, -0.15) is 0 Å². The lowest BCUT2D eigenvalue weighted by molar-refractivity contribution is -0.302. The van der Waals surface area contributed by atoms with E-state index in [9.17, 15) is 30.3 Å². The first-order valence-electron chi connectivity index (χ1n) is 33.0. The predicted octanol–water partition coefficient (Wildman–Crippen LogP) is 17.3. The third-order valence-electron chi connectivity index (χ3n) is 16.1. The zero-order valence-corrected chi connectivity index (χ0v) is 49.6. The molecule has 444 valence electrons. The molecule has 0 saturated carbocycles. The number of ether oxygens (including phenoxy) is 2. The fraction of sp³-hybridized carbons (Fsp3) is 0.924. The summed E-state index contributed by atoms with van der Waals surface area (Å²) in [5, 5.41) is 54.8. The van der Waals surface area contributed by atoms with Crippen molar-refractivity contribution in [1.29, 1.82) is 0 Å². The summed E-state index contributed by atoms with van der Waals surface area (Å²) in [7, 11) is 0. The van der Waals surface area contributed by atoms with Crippen LogP contribution in [0.5, 0.6) is 0 Å². The van der Waals surface area contributed by atoms with Crippen LogP contribution < -0.4 is 5.32 Å². The number of unbranched alkanes of at least 4 members (excludes halogenated alkanes) is 44. The monoisotopic (exact) mass is 1060 g/mol. The molecule has 1 aliphatic rings. The van der Waals surface area contributed by atoms with Crippen LogP contribution in [0.3, 0.4) is 0 Å². The van der Waals surface area contributed by atoms with E-state index in [0.717, 1.165) is 44.9 Å². The van der Waals surface area contributed by atoms with Gasteiger partial charge in [-0.25, -0.2) is 0 Å². The van der Waals surface area contributed by atoms with E-state index in [1.54, 1.807) is 0 Å². The number of amides is 1. The van der Waals surface area contributed by atoms with Crippen molar-refractivity contribution in [1.82, 2.24) is 5.32 Å². The van der Waals surface area contributed by atoms with Crippen molar-refractivity contribution in [3.63, 3.8) is 0 Å². The fourth-order valence-electron chi connectivity index (χ4n) is 10.8. The summed E-state index contributed by atoms with van der Waals surface area (Å²) in [4.78, 5) is 13.1. The molecule has 7 unspecified atom stereocenters. The molecule has 0 aromatic heterocycles. The number of hydrogen-bond donors (Lipinski definition) is 6. The van der Waals surface area contributed by atoms with Crippen molar-refractivity contribution in [2.45, 2.75) is 378 Å². The highest BCUT2D eigenvalue weighted by Gasteiger charge is 2.44. The van der Waals surface area contributed by atoms with Gasteiger partial charge in [-0.15, -0.1) is 0 Å². The highest BCUT2D eigenvalue weighted by Crippen LogP contribution is 2.24. The summed E-state index contributed by atoms with van der Waals surface area (Å²) in [5.41, 5.74) is 0. The van der Waals surface area contributed by atoms with Crippen molar-refractivity contribution in [3.05, 3.63) is 24.3 Å². The predicted molar refractivity (Wildman–Crippen MR) is 318 cm³/mol. The number of hydrogen-bond acceptors (Lipinski definition) is 8. The van der Waals surface area contributed by atoms with Gasteiger partial charge < -0.3 is 40.3 Å². The molecule has 1 fully saturated rings. The van der Waals surface area contributed by atoms with E-state index in [2.05, 4.69) is 43.5 Å². The van der Waals surface area contributed by atoms with Gasteiger partial charge in [0, 0.05) is 6.42 Å². The van der Waals surface area contributed by atoms with Gasteiger partial charge in [-0.3, -0.25) is 4.79 Å². The van der Waals surface area contributed by atoms with Crippen molar-refractivity contribution in [3.8, 4) is 0 Å². The number of rotatable bonds is 58. The minimum absolute atomic E-state index is 0.134. The number of carbonyl (C=O) groups excluding carboxylic acids is 1. The van der Waals surface area contributed by atoms with Gasteiger partial charge in [0.05, 0.1) is 25.4 Å². The Balaban J connectivity index is 2.10. The molecule has 9 heteroatoms. The molecule has 1 aliphatic heterocycles. The molecule has 0 spiro atoms. The van der Waals surface area contributed by atoms with Crippen LogP contribution in [-0.4, -0.2) is 87.5 Å². The molecule has 7 atom stereocenters. The van der Waals surface area contributed by atoms with Crippen LogP contribution >= 0.6 is 0 Å². The van der Waals surface area contributed by atoms with E-state index in [1.165, 1.54) is 263 Å². The Labute approximate surface area is 464 Å². The third kappa shape index (κ3) is 45.1. The van der Waals surface area contributed by atoms with E-state index >= 15 is 0 Å². The van der Waals surface area contributed by atoms with Crippen molar-refractivity contribution < 1.29 is 39.8 Å². The van der Waals surface area contributed by atoms with E-state index in [1.807, 2.05) is 0 Å². The Kier molecular flexibility index (Phi) is 53.5. The van der Waals surface area contributed by atoms with Crippen LogP contribution in [0.1, 0.15) is 335 Å². The maximum absolute atomic E-state index is 13.1. The topological polar surface area (TPSA) is 149 Å². The van der Waals surface area contributed by atoms with E-state index in [0.29, 0.717) is 12.8 Å². The van der Waals surface area contributed by atoms with E-state index in [4.69, 9.17) is 9.47 Å². The van der Waals surface area contributed by atoms with Gasteiger partial charge in [0.25, 0.3) is 0 Å². The zero-order valence-electron chi connectivity index (χ0n) is 49.6. The average Bonchev–Trinajstić information content (AvgIpc) is 3.41. The van der Waals surface area contributed by atoms with Crippen LogP contribution in [0.25, 0.3) is 0 Å². The standard InChI is InChI=1S/C66H127NO8/c1-3-5-7-9-11-13-15-17-19-21-23-24-25-26-27-28-29-30-31-32-33-34-35-36-38-40-42-44-46-48-50-52-54-56-62(70)67-59(58-74-66-65(73)64(72)63(71)61(57-68)75-66)60(69)55-53-51-49-47-45-43-41-39-37-22-20-18-16-14-12-10-8-6-4-2/h23-24,26-27,59-61,63-66,68-69,71-73H,3-22,25,28-58H2,1-2H3,(H,67,70)/b24-23-,27-26-. The second-order valence-electron chi connectivity index (χ2n) is 23.3. The summed E-state index contributed by atoms with van der Waals surface area (Å²) in [6.45, 7) is 3.88. The van der Waals surface area contributed by atoms with Crippen LogP contribution in [0.15, 0.2) is 24.3 Å². The lowest BCUT2D eigenvalue weighted by Crippen LogP contribution is -2.60. The minimum atomic E-state index is -1.55. The van der Waals surface area contributed by atoms with Crippen molar-refractivity contribution >= 4 is 5.91 Å². The van der Waals surface area contributed by atoms with Gasteiger partial charge in [-0.05, 0) is 44.9 Å². The first-order chi connectivity index (χ1) is 36.8. The molecule has 0 radical (unpaired) electrons. The molecule has 0 bridgehead atoms. The lowest BCUT2D eigenvalue weighted by Gasteiger charge is -2.40. The summed E-state index contributed by atoms with van der Waals surface area (Å²) in [6, 6.07) is -0.717. The van der Waals surface area contributed by atoms with Gasteiger partial charge in [-0.1, -0.05) is 308 Å². The number of aliphatic hydroxyl groups is 5. The van der Waals surface area contributed by atoms with Gasteiger partial charge in [0.2, 0.25) is 5.91 Å². The molecule has 1 heterocycles. The van der Waals surface area contributed by atoms with Crippen molar-refractivity contribution in [2.75, 3.05) is 13.2 Å². The summed E-state index contributed by atoms with van der Waals surface area (Å²) >= 11 is 0. The maximum atomic E-state index is 13.1. The number of nitrogens with one attached hydrogen (secondary N) is 1. The molecule has 0 aromatic carbocycles. The Morgan fingerprint density at radius 3 is 1.15 bits per heavy atom. The minimum Gasteiger partial charge on any atom is -0.394 e. The lowest BCUT2D eigenvalue weighted by atomic mass is 9.99. The van der Waals surface area contributed by atoms with Crippen LogP contribution in [0.4, 0.5) is 0 Å². The van der Waals surface area contributed by atoms with Crippen molar-refractivity contribution in [2.24, 2.45) is 0 Å². The molecule has 1 rings (SSSR count). The second-order valence-corrected chi connectivity index (χ2v) is 23.3. The molecule has 0 aliphatic carbocycles. The normalized spacial score (nSPS) is 18.9. The number of carbonyl (C=O) groups is 1. The van der Waals surface area contributed by atoms with Crippen LogP contribution in [-0.2, 0) is 14.3 Å². The molecular formula is C66H127NO8. The molecule has 0 aromatic rings. The van der Waals surface area contributed by atoms with Gasteiger partial charge in [0.15, 0.2) is 6.29 Å². The maximum Gasteiger partial charge on any atom is 0.220 e. The Morgan fingerprint density at radius 1 is 0.453 bits per heavy atom. The Bertz CT molecular complexity index is 1230. The average molecular weight is 1060 g/mol. The first-order valence-corrected chi connectivity index (χ1v) is 33.0. The van der Waals surface area contributed by atoms with Crippen LogP contribution in [0.2, 0.25) is 0 Å². The smallest absolute Gasteiger partial charge is 0.220 e. The molecule has 75 heavy (non-hydrogen) atoms. The molecule has 6 N–H and O–H groups in total. The van der Waals surface area contributed by atoms with Gasteiger partial charge in [0.1, 0.15) is 24.4 Å². The number of aliphatic hydroxyl groups excluding tert-OH is 5. The highest BCUT2D eigenvalue weighted by molar-refractivity contribution is 5.76. The Hall–Kier alpha value is -1.33. The number of allylic oxidation sites excluding steroid dienone is 4. The summed E-state index contributed by atoms with van der Waals surface area (Å²) in [5.74, 6) is -0.138. The van der Waals surface area contributed by atoms with Gasteiger partial charge >= 0.3 is 0 Å². The first kappa shape index (κ1) is 71.7. The highest BCUT2D eigenvalue weighted by atomic mass is 16.7. The molecule has 1 saturated heterocycles. The fourth-order valence-corrected chi connectivity index (χ4v) is 10.8. The quantitative estimate of drug-likeness (QED) is 0.0261. The second kappa shape index (κ2) is 56.0. The molecule has 1 amide bonds. The Morgan fingerprint density at radius 2 is 0.787 bits per heavy atom. The largest absolute Gasteiger partial charge is 0.394 e. The molecule has 9 nitrogen and oxygen atoms in total. The van der Waals surface area contributed by atoms with E-state index in [-0.39, 0.29) is 12.5 Å². The van der Waals surface area contributed by atoms with E-state index < -0.39 is 49.5 Å². The summed E-state index contributed by atoms with van der Waals surface area (Å²) < 4.78 is 11.3. The zero-order chi connectivity index (χ0) is 54.3. The SMILES string of the molecule is CCCCCCCCCCC/C=C\C/C=C\CCCCCCCCCCCCCCCCCCCC(=O)NC(COC1OC(CO)C(O)C(O)C1O)C(O)CCCCCCCCCCCCCCCCCCCCC. The third-order valence-corrected chi connectivity index (χ3v) is 16.1. The molecular weight excluding hydrogens is 935 g/mol.